The molecule has 1 aliphatic heterocycles. The van der Waals surface area contributed by atoms with Crippen LogP contribution in [0.25, 0.3) is 11.1 Å². The maximum Gasteiger partial charge on any atom is 0.340 e. The number of halogens is 1. The van der Waals surface area contributed by atoms with E-state index in [-0.39, 0.29) is 18.7 Å². The fraction of sp³-hybridized carbons (Fsp3) is 0.478. The Hall–Kier alpha value is -2.31. The molecule has 2 aromatic rings. The molecular formula is C23H28FNO4. The first-order valence-electron chi connectivity index (χ1n) is 10.2. The molecule has 3 rings (SSSR count). The highest BCUT2D eigenvalue weighted by Gasteiger charge is 2.26. The minimum absolute atomic E-state index is 0.262. The second kappa shape index (κ2) is 9.94. The highest BCUT2D eigenvalue weighted by molar-refractivity contribution is 5.99. The molecule has 0 spiro atoms. The van der Waals surface area contributed by atoms with Gasteiger partial charge in [-0.3, -0.25) is 4.98 Å². The van der Waals surface area contributed by atoms with Gasteiger partial charge in [0.05, 0.1) is 25.0 Å². The number of methoxy groups -OCH3 is 1. The van der Waals surface area contributed by atoms with Crippen molar-refractivity contribution in [1.82, 2.24) is 4.98 Å². The molecule has 0 radical (unpaired) electrons. The largest absolute Gasteiger partial charge is 0.465 e. The predicted molar refractivity (Wildman–Crippen MR) is 108 cm³/mol. The van der Waals surface area contributed by atoms with Crippen LogP contribution in [0.1, 0.15) is 60.4 Å². The molecule has 0 N–H and O–H groups in total. The number of rotatable bonds is 7. The van der Waals surface area contributed by atoms with Crippen molar-refractivity contribution in [3.8, 4) is 11.1 Å². The Balaban J connectivity index is 2.14. The number of nitrogens with zero attached hydrogens (tertiary/aromatic N) is 1. The molecule has 156 valence electrons. The van der Waals surface area contributed by atoms with Gasteiger partial charge in [0.1, 0.15) is 5.82 Å². The zero-order chi connectivity index (χ0) is 20.8. The molecule has 0 bridgehead atoms. The molecule has 0 amide bonds. The summed E-state index contributed by atoms with van der Waals surface area (Å²) in [4.78, 5) is 17.5. The van der Waals surface area contributed by atoms with Gasteiger partial charge < -0.3 is 14.2 Å². The van der Waals surface area contributed by atoms with E-state index in [1.165, 1.54) is 19.2 Å². The molecule has 29 heavy (non-hydrogen) atoms. The topological polar surface area (TPSA) is 57.7 Å². The number of pyridine rings is 1. The maximum absolute atomic E-state index is 13.6. The highest BCUT2D eigenvalue weighted by Crippen LogP contribution is 2.34. The lowest BCUT2D eigenvalue weighted by Gasteiger charge is -2.25. The Kier molecular flexibility index (Phi) is 7.34. The number of carbonyl (C=O) groups is 1. The van der Waals surface area contributed by atoms with Gasteiger partial charge >= 0.3 is 5.97 Å². The minimum atomic E-state index is -0.452. The first-order valence-corrected chi connectivity index (χ1v) is 10.2. The van der Waals surface area contributed by atoms with Crippen LogP contribution in [0.3, 0.4) is 0 Å². The maximum atomic E-state index is 13.6. The van der Waals surface area contributed by atoms with Gasteiger partial charge in [-0.1, -0.05) is 26.0 Å². The lowest BCUT2D eigenvalue weighted by molar-refractivity contribution is -0.169. The second-order valence-electron chi connectivity index (χ2n) is 7.05. The SMILES string of the molecule is CCc1nc(CC)c(C(=O)OC)c(-c2ccc(F)cc2)c1COC1CCCCO1. The van der Waals surface area contributed by atoms with E-state index in [0.717, 1.165) is 36.1 Å². The van der Waals surface area contributed by atoms with Crippen molar-refractivity contribution < 1.29 is 23.4 Å². The quantitative estimate of drug-likeness (QED) is 0.621. The Morgan fingerprint density at radius 3 is 2.48 bits per heavy atom. The number of carbonyl (C=O) groups excluding carboxylic acids is 1. The van der Waals surface area contributed by atoms with E-state index in [1.807, 2.05) is 13.8 Å². The molecule has 1 atom stereocenters. The van der Waals surface area contributed by atoms with Gasteiger partial charge in [0.15, 0.2) is 6.29 Å². The molecule has 6 heteroatoms. The van der Waals surface area contributed by atoms with Gasteiger partial charge in [-0.15, -0.1) is 0 Å². The molecule has 5 nitrogen and oxygen atoms in total. The monoisotopic (exact) mass is 401 g/mol. The van der Waals surface area contributed by atoms with Crippen LogP contribution in [0.15, 0.2) is 24.3 Å². The number of hydrogen-bond donors (Lipinski definition) is 0. The van der Waals surface area contributed by atoms with Gasteiger partial charge in [-0.05, 0) is 49.8 Å². The molecule has 1 fully saturated rings. The fourth-order valence-electron chi connectivity index (χ4n) is 3.71. The van der Waals surface area contributed by atoms with E-state index in [9.17, 15) is 9.18 Å². The molecule has 1 unspecified atom stereocenters. The van der Waals surface area contributed by atoms with E-state index in [1.54, 1.807) is 12.1 Å². The summed E-state index contributed by atoms with van der Waals surface area (Å²) in [5.74, 6) is -0.784. The third-order valence-electron chi connectivity index (χ3n) is 5.20. The molecule has 2 heterocycles. The molecule has 1 aromatic carbocycles. The van der Waals surface area contributed by atoms with Crippen LogP contribution in [-0.4, -0.2) is 31.0 Å². The summed E-state index contributed by atoms with van der Waals surface area (Å²) in [5.41, 5.74) is 4.22. The number of ether oxygens (including phenoxy) is 3. The zero-order valence-corrected chi connectivity index (χ0v) is 17.3. The van der Waals surface area contributed by atoms with Gasteiger partial charge in [0.25, 0.3) is 0 Å². The number of hydrogen-bond acceptors (Lipinski definition) is 5. The van der Waals surface area contributed by atoms with E-state index < -0.39 is 5.97 Å². The van der Waals surface area contributed by atoms with Gasteiger partial charge in [-0.2, -0.15) is 0 Å². The van der Waals surface area contributed by atoms with Gasteiger partial charge in [-0.25, -0.2) is 9.18 Å². The van der Waals surface area contributed by atoms with E-state index in [2.05, 4.69) is 0 Å². The number of esters is 1. The lowest BCUT2D eigenvalue weighted by atomic mass is 9.91. The van der Waals surface area contributed by atoms with E-state index in [4.69, 9.17) is 19.2 Å². The summed E-state index contributed by atoms with van der Waals surface area (Å²) >= 11 is 0. The van der Waals surface area contributed by atoms with Crippen molar-refractivity contribution in [2.45, 2.75) is 58.8 Å². The first-order chi connectivity index (χ1) is 14.1. The van der Waals surface area contributed by atoms with Crippen LogP contribution < -0.4 is 0 Å². The minimum Gasteiger partial charge on any atom is -0.465 e. The average molecular weight is 401 g/mol. The number of benzene rings is 1. The molecule has 1 aromatic heterocycles. The van der Waals surface area contributed by atoms with Crippen molar-refractivity contribution in [2.75, 3.05) is 13.7 Å². The van der Waals surface area contributed by atoms with E-state index in [0.29, 0.717) is 36.3 Å². The van der Waals surface area contributed by atoms with Gasteiger partial charge in [0.2, 0.25) is 0 Å². The molecular weight excluding hydrogens is 373 g/mol. The van der Waals surface area contributed by atoms with Crippen LogP contribution in [-0.2, 0) is 33.7 Å². The first kappa shape index (κ1) is 21.4. The number of aromatic nitrogens is 1. The van der Waals surface area contributed by atoms with E-state index >= 15 is 0 Å². The zero-order valence-electron chi connectivity index (χ0n) is 17.3. The number of aryl methyl sites for hydroxylation is 2. The van der Waals surface area contributed by atoms with Gasteiger partial charge in [0, 0.05) is 23.4 Å². The van der Waals surface area contributed by atoms with Crippen molar-refractivity contribution in [1.29, 1.82) is 0 Å². The average Bonchev–Trinajstić information content (AvgIpc) is 2.77. The fourth-order valence-corrected chi connectivity index (χ4v) is 3.71. The van der Waals surface area contributed by atoms with Crippen molar-refractivity contribution >= 4 is 5.97 Å². The summed E-state index contributed by atoms with van der Waals surface area (Å²) in [6.45, 7) is 4.93. The normalized spacial score (nSPS) is 16.6. The Morgan fingerprint density at radius 1 is 1.17 bits per heavy atom. The van der Waals surface area contributed by atoms with Crippen LogP contribution >= 0.6 is 0 Å². The summed E-state index contributed by atoms with van der Waals surface area (Å²) in [5, 5.41) is 0. The second-order valence-corrected chi connectivity index (χ2v) is 7.05. The Morgan fingerprint density at radius 2 is 1.90 bits per heavy atom. The Bertz CT molecular complexity index is 845. The van der Waals surface area contributed by atoms with Crippen LogP contribution in [0.4, 0.5) is 4.39 Å². The van der Waals surface area contributed by atoms with Crippen molar-refractivity contribution in [2.24, 2.45) is 0 Å². The molecule has 1 saturated heterocycles. The molecule has 0 saturated carbocycles. The van der Waals surface area contributed by atoms with Crippen molar-refractivity contribution in [3.05, 3.63) is 52.6 Å². The van der Waals surface area contributed by atoms with Crippen LogP contribution in [0, 0.1) is 5.82 Å². The summed E-state index contributed by atoms with van der Waals surface area (Å²) < 4.78 is 30.4. The molecule has 0 aliphatic carbocycles. The Labute approximate surface area is 171 Å². The predicted octanol–water partition coefficient (Wildman–Crippen LogP) is 4.84. The molecule has 1 aliphatic rings. The lowest BCUT2D eigenvalue weighted by Crippen LogP contribution is -2.23. The third-order valence-corrected chi connectivity index (χ3v) is 5.20. The summed E-state index contributed by atoms with van der Waals surface area (Å²) in [6.07, 6.45) is 3.96. The van der Waals surface area contributed by atoms with Crippen molar-refractivity contribution in [3.63, 3.8) is 0 Å². The summed E-state index contributed by atoms with van der Waals surface area (Å²) in [6, 6.07) is 6.14. The standard InChI is InChI=1S/C23H28FNO4/c1-4-18-17(14-29-20-8-6-7-13-28-20)21(15-9-11-16(24)12-10-15)22(23(26)27-3)19(5-2)25-18/h9-12,20H,4-8,13-14H2,1-3H3. The van der Waals surface area contributed by atoms with Crippen LogP contribution in [0.5, 0.6) is 0 Å². The summed E-state index contributed by atoms with van der Waals surface area (Å²) in [7, 11) is 1.36. The smallest absolute Gasteiger partial charge is 0.340 e. The van der Waals surface area contributed by atoms with Crippen LogP contribution in [0.2, 0.25) is 0 Å². The third kappa shape index (κ3) is 4.82. The highest BCUT2D eigenvalue weighted by atomic mass is 19.1.